The topological polar surface area (TPSA) is 101 Å². The summed E-state index contributed by atoms with van der Waals surface area (Å²) in [4.78, 5) is 24.3. The Balaban J connectivity index is 2.73. The van der Waals surface area contributed by atoms with E-state index in [0.717, 1.165) is 12.0 Å². The van der Waals surface area contributed by atoms with Crippen LogP contribution in [-0.2, 0) is 11.3 Å². The van der Waals surface area contributed by atoms with Crippen LogP contribution in [0, 0.1) is 0 Å². The molecule has 6 nitrogen and oxygen atoms in total. The number of nitrogen functional groups attached to an aromatic ring is 1. The summed E-state index contributed by atoms with van der Waals surface area (Å²) in [5.41, 5.74) is 12.3. The third kappa shape index (κ3) is 5.29. The number of amides is 3. The number of urea groups is 1. The molecule has 1 aromatic rings. The standard InChI is InChI=1S/C13H20N4O2/c1-2-6-16-13(19)17(9-12(15)18)8-10-4-3-5-11(14)7-10/h3-5,7H,2,6,8-9,14H2,1H3,(H2,15,18)(H,16,19). The third-order valence-electron chi connectivity index (χ3n) is 2.48. The second-order valence-electron chi connectivity index (χ2n) is 4.30. The van der Waals surface area contributed by atoms with Gasteiger partial charge in [-0.2, -0.15) is 0 Å². The molecule has 1 rings (SSSR count). The molecule has 0 aliphatic rings. The molecule has 0 fully saturated rings. The lowest BCUT2D eigenvalue weighted by atomic mass is 10.2. The molecular formula is C13H20N4O2. The quantitative estimate of drug-likeness (QED) is 0.658. The number of anilines is 1. The average Bonchev–Trinajstić information content (AvgIpc) is 2.34. The lowest BCUT2D eigenvalue weighted by molar-refractivity contribution is -0.118. The van der Waals surface area contributed by atoms with E-state index in [1.807, 2.05) is 13.0 Å². The van der Waals surface area contributed by atoms with E-state index in [2.05, 4.69) is 5.32 Å². The fourth-order valence-corrected chi connectivity index (χ4v) is 1.64. The fraction of sp³-hybridized carbons (Fsp3) is 0.385. The summed E-state index contributed by atoms with van der Waals surface area (Å²) in [6.45, 7) is 2.69. The number of nitrogens with zero attached hydrogens (tertiary/aromatic N) is 1. The van der Waals surface area contributed by atoms with Gasteiger partial charge in [0.25, 0.3) is 0 Å². The van der Waals surface area contributed by atoms with Crippen molar-refractivity contribution < 1.29 is 9.59 Å². The molecule has 0 unspecified atom stereocenters. The number of benzene rings is 1. The van der Waals surface area contributed by atoms with Crippen molar-refractivity contribution in [3.05, 3.63) is 29.8 Å². The molecule has 5 N–H and O–H groups in total. The van der Waals surface area contributed by atoms with Crippen molar-refractivity contribution in [1.29, 1.82) is 0 Å². The van der Waals surface area contributed by atoms with Crippen LogP contribution in [0.25, 0.3) is 0 Å². The van der Waals surface area contributed by atoms with Gasteiger partial charge in [0.05, 0.1) is 0 Å². The Bertz CT molecular complexity index is 448. The Morgan fingerprint density at radius 2 is 2.11 bits per heavy atom. The van der Waals surface area contributed by atoms with E-state index in [1.54, 1.807) is 18.2 Å². The molecule has 0 aromatic heterocycles. The van der Waals surface area contributed by atoms with Crippen LogP contribution in [0.5, 0.6) is 0 Å². The summed E-state index contributed by atoms with van der Waals surface area (Å²) < 4.78 is 0. The first kappa shape index (κ1) is 14.8. The first-order valence-electron chi connectivity index (χ1n) is 6.18. The predicted molar refractivity (Wildman–Crippen MR) is 74.1 cm³/mol. The van der Waals surface area contributed by atoms with Crippen molar-refractivity contribution in [2.24, 2.45) is 5.73 Å². The number of carbonyl (C=O) groups is 2. The number of rotatable bonds is 6. The molecule has 0 saturated carbocycles. The van der Waals surface area contributed by atoms with Gasteiger partial charge in [-0.05, 0) is 24.1 Å². The lowest BCUT2D eigenvalue weighted by Gasteiger charge is -2.21. The van der Waals surface area contributed by atoms with Gasteiger partial charge in [0.2, 0.25) is 5.91 Å². The van der Waals surface area contributed by atoms with E-state index in [1.165, 1.54) is 4.90 Å². The van der Waals surface area contributed by atoms with Gasteiger partial charge in [-0.25, -0.2) is 4.79 Å². The molecule has 0 aliphatic heterocycles. The van der Waals surface area contributed by atoms with Gasteiger partial charge in [0.15, 0.2) is 0 Å². The van der Waals surface area contributed by atoms with E-state index >= 15 is 0 Å². The summed E-state index contributed by atoms with van der Waals surface area (Å²) in [5, 5.41) is 2.72. The van der Waals surface area contributed by atoms with Gasteiger partial charge in [-0.3, -0.25) is 4.79 Å². The van der Waals surface area contributed by atoms with Crippen LogP contribution < -0.4 is 16.8 Å². The largest absolute Gasteiger partial charge is 0.399 e. The Hall–Kier alpha value is -2.24. The maximum Gasteiger partial charge on any atom is 0.318 e. The monoisotopic (exact) mass is 264 g/mol. The third-order valence-corrected chi connectivity index (χ3v) is 2.48. The number of nitrogens with one attached hydrogen (secondary N) is 1. The maximum atomic E-state index is 11.9. The Kier molecular flexibility index (Phi) is 5.66. The highest BCUT2D eigenvalue weighted by molar-refractivity contribution is 5.82. The van der Waals surface area contributed by atoms with Crippen molar-refractivity contribution >= 4 is 17.6 Å². The molecular weight excluding hydrogens is 244 g/mol. The summed E-state index contributed by atoms with van der Waals surface area (Å²) >= 11 is 0. The molecule has 6 heteroatoms. The highest BCUT2D eigenvalue weighted by Gasteiger charge is 2.15. The Morgan fingerprint density at radius 1 is 1.37 bits per heavy atom. The Morgan fingerprint density at radius 3 is 2.68 bits per heavy atom. The lowest BCUT2D eigenvalue weighted by Crippen LogP contribution is -2.44. The zero-order chi connectivity index (χ0) is 14.3. The highest BCUT2D eigenvalue weighted by atomic mass is 16.2. The number of nitrogens with two attached hydrogens (primary N) is 2. The van der Waals surface area contributed by atoms with Gasteiger partial charge in [0.1, 0.15) is 6.54 Å². The minimum atomic E-state index is -0.546. The van der Waals surface area contributed by atoms with Crippen LogP contribution in [0.3, 0.4) is 0 Å². The van der Waals surface area contributed by atoms with Gasteiger partial charge < -0.3 is 21.7 Å². The van der Waals surface area contributed by atoms with Crippen LogP contribution in [0.1, 0.15) is 18.9 Å². The van der Waals surface area contributed by atoms with Crippen molar-refractivity contribution in [2.45, 2.75) is 19.9 Å². The van der Waals surface area contributed by atoms with Crippen molar-refractivity contribution in [3.8, 4) is 0 Å². The van der Waals surface area contributed by atoms with Crippen LogP contribution in [0.2, 0.25) is 0 Å². The summed E-state index contributed by atoms with van der Waals surface area (Å²) in [5.74, 6) is -0.546. The van der Waals surface area contributed by atoms with E-state index in [0.29, 0.717) is 18.8 Å². The van der Waals surface area contributed by atoms with Gasteiger partial charge >= 0.3 is 6.03 Å². The number of primary amides is 1. The van der Waals surface area contributed by atoms with Crippen LogP contribution in [0.4, 0.5) is 10.5 Å². The number of hydrogen-bond acceptors (Lipinski definition) is 3. The van der Waals surface area contributed by atoms with Gasteiger partial charge in [-0.15, -0.1) is 0 Å². The molecule has 104 valence electrons. The van der Waals surface area contributed by atoms with Crippen LogP contribution >= 0.6 is 0 Å². The first-order valence-corrected chi connectivity index (χ1v) is 6.18. The normalized spacial score (nSPS) is 9.95. The summed E-state index contributed by atoms with van der Waals surface area (Å²) in [6.07, 6.45) is 0.828. The second kappa shape index (κ2) is 7.25. The minimum absolute atomic E-state index is 0.121. The van der Waals surface area contributed by atoms with Gasteiger partial charge in [0, 0.05) is 18.8 Å². The molecule has 0 spiro atoms. The summed E-state index contributed by atoms with van der Waals surface area (Å²) in [7, 11) is 0. The number of hydrogen-bond donors (Lipinski definition) is 3. The van der Waals surface area contributed by atoms with E-state index in [9.17, 15) is 9.59 Å². The molecule has 0 saturated heterocycles. The molecule has 0 aliphatic carbocycles. The molecule has 19 heavy (non-hydrogen) atoms. The maximum absolute atomic E-state index is 11.9. The van der Waals surface area contributed by atoms with E-state index in [-0.39, 0.29) is 12.6 Å². The van der Waals surface area contributed by atoms with E-state index in [4.69, 9.17) is 11.5 Å². The summed E-state index contributed by atoms with van der Waals surface area (Å²) in [6, 6.07) is 6.87. The van der Waals surface area contributed by atoms with E-state index < -0.39 is 5.91 Å². The fourth-order valence-electron chi connectivity index (χ4n) is 1.64. The van der Waals surface area contributed by atoms with Crippen LogP contribution in [0.15, 0.2) is 24.3 Å². The molecule has 0 radical (unpaired) electrons. The van der Waals surface area contributed by atoms with Crippen LogP contribution in [-0.4, -0.2) is 29.9 Å². The van der Waals surface area contributed by atoms with Gasteiger partial charge in [-0.1, -0.05) is 19.1 Å². The van der Waals surface area contributed by atoms with Crippen molar-refractivity contribution in [3.63, 3.8) is 0 Å². The zero-order valence-corrected chi connectivity index (χ0v) is 11.1. The highest BCUT2D eigenvalue weighted by Crippen LogP contribution is 2.09. The Labute approximate surface area is 112 Å². The number of carbonyl (C=O) groups excluding carboxylic acids is 2. The smallest absolute Gasteiger partial charge is 0.318 e. The zero-order valence-electron chi connectivity index (χ0n) is 11.1. The second-order valence-corrected chi connectivity index (χ2v) is 4.30. The molecule has 1 aromatic carbocycles. The van der Waals surface area contributed by atoms with Crippen molar-refractivity contribution in [1.82, 2.24) is 10.2 Å². The molecule has 3 amide bonds. The first-order chi connectivity index (χ1) is 9.02. The average molecular weight is 264 g/mol. The minimum Gasteiger partial charge on any atom is -0.399 e. The molecule has 0 bridgehead atoms. The van der Waals surface area contributed by atoms with Crippen molar-refractivity contribution in [2.75, 3.05) is 18.8 Å². The molecule has 0 heterocycles. The molecule has 0 atom stereocenters. The SMILES string of the molecule is CCCNC(=O)N(CC(N)=O)Cc1cccc(N)c1. The predicted octanol–water partition coefficient (Wildman–Crippen LogP) is 0.676.